The quantitative estimate of drug-likeness (QED) is 0.782. The lowest BCUT2D eigenvalue weighted by Gasteiger charge is -2.20. The molecule has 1 unspecified atom stereocenters. The Hall–Kier alpha value is -1.09. The molecule has 112 valence electrons. The molecule has 0 aromatic heterocycles. The molecule has 0 aliphatic carbocycles. The summed E-state index contributed by atoms with van der Waals surface area (Å²) in [6.07, 6.45) is 0.503. The number of hydrogen-bond donors (Lipinski definition) is 1. The molecule has 0 heterocycles. The fourth-order valence-corrected chi connectivity index (χ4v) is 2.93. The molecule has 2 aromatic carbocycles. The Bertz CT molecular complexity index is 628. The van der Waals surface area contributed by atoms with Crippen molar-refractivity contribution < 1.29 is 4.39 Å². The molecule has 0 bridgehead atoms. The largest absolute Gasteiger partial charge is 0.310 e. The van der Waals surface area contributed by atoms with Crippen LogP contribution in [0.15, 0.2) is 36.4 Å². The molecule has 0 fully saturated rings. The molecule has 1 nitrogen and oxygen atoms in total. The second kappa shape index (κ2) is 7.26. The van der Waals surface area contributed by atoms with Crippen molar-refractivity contribution in [1.29, 1.82) is 0 Å². The third-order valence-electron chi connectivity index (χ3n) is 3.41. The average molecular weight is 326 g/mol. The molecule has 21 heavy (non-hydrogen) atoms. The summed E-state index contributed by atoms with van der Waals surface area (Å²) < 4.78 is 13.9. The zero-order chi connectivity index (χ0) is 15.4. The molecule has 2 rings (SSSR count). The van der Waals surface area contributed by atoms with Gasteiger partial charge in [0.2, 0.25) is 0 Å². The first-order valence-corrected chi connectivity index (χ1v) is 7.70. The van der Waals surface area contributed by atoms with E-state index in [4.69, 9.17) is 23.2 Å². The number of aryl methyl sites for hydroxylation is 1. The summed E-state index contributed by atoms with van der Waals surface area (Å²) in [5.74, 6) is -0.245. The van der Waals surface area contributed by atoms with Crippen molar-refractivity contribution in [2.24, 2.45) is 0 Å². The van der Waals surface area contributed by atoms with E-state index in [-0.39, 0.29) is 11.9 Å². The summed E-state index contributed by atoms with van der Waals surface area (Å²) in [5.41, 5.74) is 2.67. The van der Waals surface area contributed by atoms with Crippen LogP contribution in [0.25, 0.3) is 0 Å². The van der Waals surface area contributed by atoms with Gasteiger partial charge in [-0.15, -0.1) is 0 Å². The van der Waals surface area contributed by atoms with Crippen molar-refractivity contribution in [2.45, 2.75) is 26.3 Å². The molecule has 4 heteroatoms. The highest BCUT2D eigenvalue weighted by molar-refractivity contribution is 6.31. The molecular formula is C17H18Cl2FN. The van der Waals surface area contributed by atoms with Crippen LogP contribution in [0.5, 0.6) is 0 Å². The van der Waals surface area contributed by atoms with Crippen LogP contribution in [0, 0.1) is 12.7 Å². The Morgan fingerprint density at radius 3 is 2.57 bits per heavy atom. The van der Waals surface area contributed by atoms with Gasteiger partial charge in [0.1, 0.15) is 5.82 Å². The molecular weight excluding hydrogens is 308 g/mol. The molecule has 0 amide bonds. The summed E-state index contributed by atoms with van der Waals surface area (Å²) in [7, 11) is 0. The Morgan fingerprint density at radius 2 is 1.90 bits per heavy atom. The molecule has 0 saturated carbocycles. The molecule has 2 aromatic rings. The van der Waals surface area contributed by atoms with Gasteiger partial charge in [-0.1, -0.05) is 42.3 Å². The highest BCUT2D eigenvalue weighted by atomic mass is 35.5. The maximum Gasteiger partial charge on any atom is 0.126 e. The van der Waals surface area contributed by atoms with Crippen molar-refractivity contribution >= 4 is 23.2 Å². The lowest BCUT2D eigenvalue weighted by atomic mass is 9.97. The van der Waals surface area contributed by atoms with Gasteiger partial charge in [0.05, 0.1) is 0 Å². The standard InChI is InChI=1S/C17H18Cl2FN/c1-3-21-17(14-6-4-11(2)8-15(14)19)10-12-9-13(18)5-7-16(12)20/h4-9,17,21H,3,10H2,1-2H3. The van der Waals surface area contributed by atoms with Crippen molar-refractivity contribution in [1.82, 2.24) is 5.32 Å². The van der Waals surface area contributed by atoms with Crippen LogP contribution in [0.3, 0.4) is 0 Å². The molecule has 0 aliphatic rings. The number of rotatable bonds is 5. The smallest absolute Gasteiger partial charge is 0.126 e. The Labute approximate surface area is 135 Å². The second-order valence-electron chi connectivity index (χ2n) is 5.08. The van der Waals surface area contributed by atoms with E-state index in [1.807, 2.05) is 32.0 Å². The van der Waals surface area contributed by atoms with Crippen LogP contribution in [-0.4, -0.2) is 6.54 Å². The summed E-state index contributed by atoms with van der Waals surface area (Å²) in [5, 5.41) is 4.60. The first kappa shape index (κ1) is 16.3. The van der Waals surface area contributed by atoms with E-state index in [0.717, 1.165) is 17.7 Å². The van der Waals surface area contributed by atoms with Gasteiger partial charge in [0, 0.05) is 16.1 Å². The van der Waals surface area contributed by atoms with Crippen LogP contribution in [0.1, 0.15) is 29.7 Å². The third kappa shape index (κ3) is 4.19. The molecule has 1 N–H and O–H groups in total. The SMILES string of the molecule is CCNC(Cc1cc(Cl)ccc1F)c1ccc(C)cc1Cl. The highest BCUT2D eigenvalue weighted by Gasteiger charge is 2.16. The van der Waals surface area contributed by atoms with Crippen LogP contribution < -0.4 is 5.32 Å². The Morgan fingerprint density at radius 1 is 1.14 bits per heavy atom. The van der Waals surface area contributed by atoms with Gasteiger partial charge < -0.3 is 5.32 Å². The minimum Gasteiger partial charge on any atom is -0.310 e. The highest BCUT2D eigenvalue weighted by Crippen LogP contribution is 2.28. The van der Waals surface area contributed by atoms with Gasteiger partial charge >= 0.3 is 0 Å². The maximum absolute atomic E-state index is 13.9. The lowest BCUT2D eigenvalue weighted by Crippen LogP contribution is -2.23. The average Bonchev–Trinajstić information content (AvgIpc) is 2.42. The zero-order valence-corrected chi connectivity index (χ0v) is 13.6. The number of benzene rings is 2. The topological polar surface area (TPSA) is 12.0 Å². The van der Waals surface area contributed by atoms with Gasteiger partial charge in [-0.3, -0.25) is 0 Å². The van der Waals surface area contributed by atoms with Crippen LogP contribution >= 0.6 is 23.2 Å². The Kier molecular flexibility index (Phi) is 5.63. The van der Waals surface area contributed by atoms with Gasteiger partial charge in [-0.25, -0.2) is 4.39 Å². The van der Waals surface area contributed by atoms with Crippen molar-refractivity contribution in [2.75, 3.05) is 6.54 Å². The minimum absolute atomic E-state index is 0.0453. The predicted molar refractivity (Wildman–Crippen MR) is 87.7 cm³/mol. The van der Waals surface area contributed by atoms with E-state index in [9.17, 15) is 4.39 Å². The fraction of sp³-hybridized carbons (Fsp3) is 0.294. The number of halogens is 3. The van der Waals surface area contributed by atoms with Crippen LogP contribution in [-0.2, 0) is 6.42 Å². The molecule has 0 spiro atoms. The minimum atomic E-state index is -0.245. The maximum atomic E-state index is 13.9. The lowest BCUT2D eigenvalue weighted by molar-refractivity contribution is 0.528. The normalized spacial score (nSPS) is 12.4. The second-order valence-corrected chi connectivity index (χ2v) is 5.92. The molecule has 0 saturated heterocycles. The van der Waals surface area contributed by atoms with E-state index in [2.05, 4.69) is 5.32 Å². The third-order valence-corrected chi connectivity index (χ3v) is 3.98. The van der Waals surface area contributed by atoms with E-state index in [1.165, 1.54) is 6.07 Å². The number of hydrogen-bond acceptors (Lipinski definition) is 1. The van der Waals surface area contributed by atoms with Gasteiger partial charge in [0.25, 0.3) is 0 Å². The van der Waals surface area contributed by atoms with Gasteiger partial charge in [-0.05, 0) is 60.8 Å². The van der Waals surface area contributed by atoms with E-state index >= 15 is 0 Å². The van der Waals surface area contributed by atoms with Gasteiger partial charge in [0.15, 0.2) is 0 Å². The van der Waals surface area contributed by atoms with E-state index in [1.54, 1.807) is 12.1 Å². The first-order chi connectivity index (χ1) is 10.0. The van der Waals surface area contributed by atoms with Crippen LogP contribution in [0.2, 0.25) is 10.0 Å². The summed E-state index contributed by atoms with van der Waals surface area (Å²) in [6, 6.07) is 10.5. The first-order valence-electron chi connectivity index (χ1n) is 6.94. The fourth-order valence-electron chi connectivity index (χ4n) is 2.37. The molecule has 0 aliphatic heterocycles. The summed E-state index contributed by atoms with van der Waals surface area (Å²) in [4.78, 5) is 0. The number of likely N-dealkylation sites (N-methyl/N-ethyl adjacent to an activating group) is 1. The monoisotopic (exact) mass is 325 g/mol. The van der Waals surface area contributed by atoms with Crippen molar-refractivity contribution in [3.05, 3.63) is 69.0 Å². The van der Waals surface area contributed by atoms with E-state index < -0.39 is 0 Å². The molecule has 1 atom stereocenters. The molecule has 0 radical (unpaired) electrons. The van der Waals surface area contributed by atoms with Crippen molar-refractivity contribution in [3.63, 3.8) is 0 Å². The number of nitrogens with one attached hydrogen (secondary N) is 1. The van der Waals surface area contributed by atoms with Crippen LogP contribution in [0.4, 0.5) is 4.39 Å². The summed E-state index contributed by atoms with van der Waals surface area (Å²) >= 11 is 12.3. The van der Waals surface area contributed by atoms with E-state index in [0.29, 0.717) is 22.0 Å². The summed E-state index contributed by atoms with van der Waals surface area (Å²) in [6.45, 7) is 4.79. The van der Waals surface area contributed by atoms with Crippen molar-refractivity contribution in [3.8, 4) is 0 Å². The zero-order valence-electron chi connectivity index (χ0n) is 12.1. The Balaban J connectivity index is 2.32. The van der Waals surface area contributed by atoms with Gasteiger partial charge in [-0.2, -0.15) is 0 Å². The predicted octanol–water partition coefficient (Wildman–Crippen LogP) is 5.33.